The van der Waals surface area contributed by atoms with Gasteiger partial charge in [-0.2, -0.15) is 0 Å². The van der Waals surface area contributed by atoms with E-state index in [0.29, 0.717) is 5.37 Å². The van der Waals surface area contributed by atoms with E-state index in [1.54, 1.807) is 0 Å². The normalized spacial score (nSPS) is 28.2. The van der Waals surface area contributed by atoms with Crippen molar-refractivity contribution in [1.29, 1.82) is 0 Å². The lowest BCUT2D eigenvalue weighted by Crippen LogP contribution is -2.31. The number of fused-ring (bicyclic) bond motifs is 1. The van der Waals surface area contributed by atoms with Crippen LogP contribution in [0.15, 0.2) is 18.2 Å². The van der Waals surface area contributed by atoms with E-state index < -0.39 is 0 Å². The maximum absolute atomic E-state index is 3.64. The summed E-state index contributed by atoms with van der Waals surface area (Å²) in [5.74, 6) is 2.08. The van der Waals surface area contributed by atoms with Gasteiger partial charge in [-0.25, -0.2) is 0 Å². The Hall–Kier alpha value is -0.670. The van der Waals surface area contributed by atoms with Gasteiger partial charge in [-0.3, -0.25) is 0 Å². The zero-order chi connectivity index (χ0) is 11.8. The third-order valence-electron chi connectivity index (χ3n) is 3.73. The molecule has 0 bridgehead atoms. The highest BCUT2D eigenvalue weighted by Gasteiger charge is 2.22. The molecule has 2 nitrogen and oxygen atoms in total. The van der Waals surface area contributed by atoms with Crippen molar-refractivity contribution in [3.05, 3.63) is 29.3 Å². The lowest BCUT2D eigenvalue weighted by molar-refractivity contribution is 0.529. The minimum absolute atomic E-state index is 0.502. The molecule has 2 atom stereocenters. The Bertz CT molecular complexity index is 411. The number of anilines is 1. The second-order valence-electron chi connectivity index (χ2n) is 5.29. The van der Waals surface area contributed by atoms with Crippen LogP contribution in [0.2, 0.25) is 0 Å². The van der Waals surface area contributed by atoms with Crippen LogP contribution in [-0.4, -0.2) is 25.9 Å². The highest BCUT2D eigenvalue weighted by molar-refractivity contribution is 7.99. The van der Waals surface area contributed by atoms with Gasteiger partial charge in [0.25, 0.3) is 0 Å². The standard InChI is InChI=1S/C14H20N2S/c1-10-8-15-14(17-9-10)12-3-4-13-11(7-12)5-6-16(13)2/h3-4,7,10,14-15H,5-6,8-9H2,1-2H3. The van der Waals surface area contributed by atoms with Crippen molar-refractivity contribution in [3.8, 4) is 0 Å². The van der Waals surface area contributed by atoms with E-state index in [0.717, 1.165) is 12.5 Å². The molecule has 2 aliphatic heterocycles. The van der Waals surface area contributed by atoms with Gasteiger partial charge in [-0.1, -0.05) is 19.1 Å². The van der Waals surface area contributed by atoms with Crippen molar-refractivity contribution < 1.29 is 0 Å². The van der Waals surface area contributed by atoms with Gasteiger partial charge in [-0.05, 0) is 41.8 Å². The zero-order valence-electron chi connectivity index (χ0n) is 10.6. The van der Waals surface area contributed by atoms with Gasteiger partial charge in [0.15, 0.2) is 0 Å². The summed E-state index contributed by atoms with van der Waals surface area (Å²) >= 11 is 2.05. The van der Waals surface area contributed by atoms with Gasteiger partial charge in [0, 0.05) is 19.3 Å². The lowest BCUT2D eigenvalue weighted by Gasteiger charge is -2.28. The molecule has 1 aromatic carbocycles. The first-order valence-electron chi connectivity index (χ1n) is 6.43. The van der Waals surface area contributed by atoms with Crippen molar-refractivity contribution in [2.75, 3.05) is 30.8 Å². The number of nitrogens with one attached hydrogen (secondary N) is 1. The molecule has 1 fully saturated rings. The van der Waals surface area contributed by atoms with Crippen LogP contribution in [0.5, 0.6) is 0 Å². The Morgan fingerprint density at radius 2 is 2.29 bits per heavy atom. The van der Waals surface area contributed by atoms with Gasteiger partial charge < -0.3 is 10.2 Å². The van der Waals surface area contributed by atoms with E-state index in [1.807, 2.05) is 11.8 Å². The smallest absolute Gasteiger partial charge is 0.0789 e. The quantitative estimate of drug-likeness (QED) is 0.822. The van der Waals surface area contributed by atoms with Crippen LogP contribution in [0.1, 0.15) is 23.4 Å². The monoisotopic (exact) mass is 248 g/mol. The maximum atomic E-state index is 3.64. The third-order valence-corrected chi connectivity index (χ3v) is 5.27. The lowest BCUT2D eigenvalue weighted by atomic mass is 10.1. The first-order chi connectivity index (χ1) is 8.24. The summed E-state index contributed by atoms with van der Waals surface area (Å²) < 4.78 is 0. The van der Waals surface area contributed by atoms with Crippen molar-refractivity contribution >= 4 is 17.4 Å². The largest absolute Gasteiger partial charge is 0.374 e. The van der Waals surface area contributed by atoms with Crippen molar-refractivity contribution in [3.63, 3.8) is 0 Å². The predicted molar refractivity (Wildman–Crippen MR) is 75.8 cm³/mol. The highest BCUT2D eigenvalue weighted by Crippen LogP contribution is 2.35. The van der Waals surface area contributed by atoms with Crippen molar-refractivity contribution in [2.45, 2.75) is 18.7 Å². The SMILES string of the molecule is CC1CNC(c2ccc3c(c2)CCN3C)SC1. The fourth-order valence-corrected chi connectivity index (χ4v) is 3.84. The molecule has 2 heterocycles. The Morgan fingerprint density at radius 3 is 3.06 bits per heavy atom. The topological polar surface area (TPSA) is 15.3 Å². The van der Waals surface area contributed by atoms with Gasteiger partial charge in [0.1, 0.15) is 0 Å². The summed E-state index contributed by atoms with van der Waals surface area (Å²) in [4.78, 5) is 2.35. The summed E-state index contributed by atoms with van der Waals surface area (Å²) in [6.45, 7) is 4.63. The Balaban J connectivity index is 1.80. The molecule has 92 valence electrons. The minimum Gasteiger partial charge on any atom is -0.374 e. The first kappa shape index (κ1) is 11.4. The van der Waals surface area contributed by atoms with E-state index in [9.17, 15) is 0 Å². The molecule has 0 spiro atoms. The second kappa shape index (κ2) is 4.54. The molecule has 1 saturated heterocycles. The molecule has 2 unspecified atom stereocenters. The van der Waals surface area contributed by atoms with Crippen LogP contribution < -0.4 is 10.2 Å². The van der Waals surface area contributed by atoms with Crippen LogP contribution >= 0.6 is 11.8 Å². The summed E-state index contributed by atoms with van der Waals surface area (Å²) in [7, 11) is 2.18. The average Bonchev–Trinajstić information content (AvgIpc) is 2.72. The number of benzene rings is 1. The van der Waals surface area contributed by atoms with Crippen molar-refractivity contribution in [1.82, 2.24) is 5.32 Å². The summed E-state index contributed by atoms with van der Waals surface area (Å²) in [6.07, 6.45) is 1.20. The van der Waals surface area contributed by atoms with Crippen LogP contribution in [0, 0.1) is 5.92 Å². The van der Waals surface area contributed by atoms with E-state index >= 15 is 0 Å². The molecule has 3 rings (SSSR count). The van der Waals surface area contributed by atoms with Crippen LogP contribution in [-0.2, 0) is 6.42 Å². The molecular weight excluding hydrogens is 228 g/mol. The van der Waals surface area contributed by atoms with E-state index in [1.165, 1.54) is 35.5 Å². The van der Waals surface area contributed by atoms with Gasteiger partial charge in [0.05, 0.1) is 5.37 Å². The molecule has 3 heteroatoms. The number of nitrogens with zero attached hydrogens (tertiary/aromatic N) is 1. The maximum Gasteiger partial charge on any atom is 0.0789 e. The molecule has 0 amide bonds. The van der Waals surface area contributed by atoms with Crippen LogP contribution in [0.25, 0.3) is 0 Å². The van der Waals surface area contributed by atoms with E-state index in [4.69, 9.17) is 0 Å². The minimum atomic E-state index is 0.502. The number of rotatable bonds is 1. The molecular formula is C14H20N2S. The predicted octanol–water partition coefficient (Wildman–Crippen LogP) is 2.65. The molecule has 2 aliphatic rings. The van der Waals surface area contributed by atoms with Gasteiger partial charge >= 0.3 is 0 Å². The van der Waals surface area contributed by atoms with E-state index in [2.05, 4.69) is 42.4 Å². The van der Waals surface area contributed by atoms with Crippen molar-refractivity contribution in [2.24, 2.45) is 5.92 Å². The molecule has 0 aromatic heterocycles. The van der Waals surface area contributed by atoms with Gasteiger partial charge in [0.2, 0.25) is 0 Å². The third kappa shape index (κ3) is 2.18. The van der Waals surface area contributed by atoms with Crippen LogP contribution in [0.4, 0.5) is 5.69 Å². The molecule has 0 aliphatic carbocycles. The Kier molecular flexibility index (Phi) is 3.05. The number of hydrogen-bond donors (Lipinski definition) is 1. The fraction of sp³-hybridized carbons (Fsp3) is 0.571. The van der Waals surface area contributed by atoms with E-state index in [-0.39, 0.29) is 0 Å². The van der Waals surface area contributed by atoms with Gasteiger partial charge in [-0.15, -0.1) is 11.8 Å². The summed E-state index contributed by atoms with van der Waals surface area (Å²) in [5.41, 5.74) is 4.39. The molecule has 0 radical (unpaired) electrons. The first-order valence-corrected chi connectivity index (χ1v) is 7.48. The molecule has 17 heavy (non-hydrogen) atoms. The van der Waals surface area contributed by atoms with Crippen LogP contribution in [0.3, 0.4) is 0 Å². The summed E-state index contributed by atoms with van der Waals surface area (Å²) in [6, 6.07) is 6.98. The Morgan fingerprint density at radius 1 is 1.41 bits per heavy atom. The number of likely N-dealkylation sites (N-methyl/N-ethyl adjacent to an activating group) is 1. The molecule has 1 N–H and O–H groups in total. The highest BCUT2D eigenvalue weighted by atomic mass is 32.2. The average molecular weight is 248 g/mol. The molecule has 0 saturated carbocycles. The second-order valence-corrected chi connectivity index (χ2v) is 6.42. The summed E-state index contributed by atoms with van der Waals surface area (Å²) in [5, 5.41) is 4.14. The number of thioether (sulfide) groups is 1. The zero-order valence-corrected chi connectivity index (χ0v) is 11.4. The molecule has 1 aromatic rings. The fourth-order valence-electron chi connectivity index (χ4n) is 2.65. The Labute approximate surface area is 108 Å². The number of hydrogen-bond acceptors (Lipinski definition) is 3.